The second kappa shape index (κ2) is 9.51. The third-order valence-electron chi connectivity index (χ3n) is 4.52. The van der Waals surface area contributed by atoms with Crippen LogP contribution in [0.3, 0.4) is 0 Å². The predicted molar refractivity (Wildman–Crippen MR) is 115 cm³/mol. The summed E-state index contributed by atoms with van der Waals surface area (Å²) in [5.74, 6) is 0.321. The minimum Gasteiger partial charge on any atom is -0.485 e. The Morgan fingerprint density at radius 3 is 2.52 bits per heavy atom. The third-order valence-corrected chi connectivity index (χ3v) is 4.52. The van der Waals surface area contributed by atoms with Gasteiger partial charge < -0.3 is 19.2 Å². The van der Waals surface area contributed by atoms with Crippen molar-refractivity contribution in [3.8, 4) is 5.75 Å². The largest absolute Gasteiger partial charge is 0.485 e. The monoisotopic (exact) mass is 425 g/mol. The van der Waals surface area contributed by atoms with E-state index in [-0.39, 0.29) is 29.9 Å². The van der Waals surface area contributed by atoms with E-state index in [4.69, 9.17) is 13.9 Å². The fraction of sp³-hybridized carbons (Fsp3) is 0.348. The maximum absolute atomic E-state index is 12.7. The Bertz CT molecular complexity index is 1060. The predicted octanol–water partition coefficient (Wildman–Crippen LogP) is 4.51. The second-order valence-corrected chi connectivity index (χ2v) is 7.43. The number of hydrogen-bond acceptors (Lipinski definition) is 6. The number of anilines is 1. The standard InChI is InChI=1S/C23H27N3O5/c1-6-26-12-18(20(25-26)23(28)30-14(2)3)24-22(27)19-11-10-17(31-19)13-29-21-15(4)8-7-9-16(21)5/h7-12,14H,6,13H2,1-5H3,(H,24,27). The van der Waals surface area contributed by atoms with E-state index in [1.54, 1.807) is 36.9 Å². The fourth-order valence-electron chi connectivity index (χ4n) is 3.03. The molecule has 3 aromatic rings. The number of hydrogen-bond donors (Lipinski definition) is 1. The molecule has 0 radical (unpaired) electrons. The number of benzene rings is 1. The number of nitrogens with zero attached hydrogens (tertiary/aromatic N) is 2. The van der Waals surface area contributed by atoms with Gasteiger partial charge in [-0.2, -0.15) is 5.10 Å². The SMILES string of the molecule is CCn1cc(NC(=O)c2ccc(COc3c(C)cccc3C)o2)c(C(=O)OC(C)C)n1. The minimum absolute atomic E-state index is 0.0500. The van der Waals surface area contributed by atoms with Crippen LogP contribution in [0.4, 0.5) is 5.69 Å². The van der Waals surface area contributed by atoms with Gasteiger partial charge in [0.1, 0.15) is 18.1 Å². The maximum atomic E-state index is 12.7. The summed E-state index contributed by atoms with van der Waals surface area (Å²) in [6.07, 6.45) is 1.29. The summed E-state index contributed by atoms with van der Waals surface area (Å²) < 4.78 is 18.3. The molecule has 0 saturated heterocycles. The average Bonchev–Trinajstić information content (AvgIpc) is 3.34. The molecular formula is C23H27N3O5. The number of aromatic nitrogens is 2. The van der Waals surface area contributed by atoms with Crippen LogP contribution in [0.5, 0.6) is 5.75 Å². The van der Waals surface area contributed by atoms with Gasteiger partial charge in [0.2, 0.25) is 0 Å². The Morgan fingerprint density at radius 2 is 1.87 bits per heavy atom. The number of furan rings is 1. The average molecular weight is 425 g/mol. The first kappa shape index (κ1) is 22.1. The zero-order valence-corrected chi connectivity index (χ0v) is 18.4. The van der Waals surface area contributed by atoms with E-state index in [0.29, 0.717) is 12.3 Å². The van der Waals surface area contributed by atoms with Crippen molar-refractivity contribution in [2.24, 2.45) is 0 Å². The van der Waals surface area contributed by atoms with Crippen LogP contribution in [0, 0.1) is 13.8 Å². The number of ether oxygens (including phenoxy) is 2. The zero-order chi connectivity index (χ0) is 22.5. The van der Waals surface area contributed by atoms with Gasteiger partial charge >= 0.3 is 5.97 Å². The molecule has 1 amide bonds. The number of amides is 1. The molecule has 3 rings (SSSR count). The smallest absolute Gasteiger partial charge is 0.361 e. The molecule has 164 valence electrons. The van der Waals surface area contributed by atoms with Crippen LogP contribution in [0.2, 0.25) is 0 Å². The molecule has 0 bridgehead atoms. The van der Waals surface area contributed by atoms with E-state index in [1.165, 1.54) is 0 Å². The van der Waals surface area contributed by atoms with Gasteiger partial charge in [-0.15, -0.1) is 0 Å². The molecule has 31 heavy (non-hydrogen) atoms. The van der Waals surface area contributed by atoms with Crippen LogP contribution >= 0.6 is 0 Å². The molecule has 0 unspecified atom stereocenters. The fourth-order valence-corrected chi connectivity index (χ4v) is 3.03. The lowest BCUT2D eigenvalue weighted by Gasteiger charge is -2.10. The molecule has 1 N–H and O–H groups in total. The molecular weight excluding hydrogens is 398 g/mol. The molecule has 0 saturated carbocycles. The topological polar surface area (TPSA) is 95.6 Å². The highest BCUT2D eigenvalue weighted by molar-refractivity contribution is 6.06. The Morgan fingerprint density at radius 1 is 1.16 bits per heavy atom. The van der Waals surface area contributed by atoms with Gasteiger partial charge in [0.05, 0.1) is 11.8 Å². The van der Waals surface area contributed by atoms with Crippen LogP contribution in [0.1, 0.15) is 58.7 Å². The Kier molecular flexibility index (Phi) is 6.79. The van der Waals surface area contributed by atoms with Gasteiger partial charge in [-0.1, -0.05) is 18.2 Å². The third kappa shape index (κ3) is 5.33. The number of carbonyl (C=O) groups is 2. The molecule has 0 aliphatic rings. The molecule has 2 aromatic heterocycles. The highest BCUT2D eigenvalue weighted by Crippen LogP contribution is 2.24. The Balaban J connectivity index is 1.70. The normalized spacial score (nSPS) is 10.9. The lowest BCUT2D eigenvalue weighted by Crippen LogP contribution is -2.17. The molecule has 0 spiro atoms. The molecule has 2 heterocycles. The van der Waals surface area contributed by atoms with E-state index < -0.39 is 11.9 Å². The first-order chi connectivity index (χ1) is 14.8. The number of nitrogens with one attached hydrogen (secondary N) is 1. The van der Waals surface area contributed by atoms with Crippen molar-refractivity contribution in [2.75, 3.05) is 5.32 Å². The summed E-state index contributed by atoms with van der Waals surface area (Å²) in [6, 6.07) is 9.17. The lowest BCUT2D eigenvalue weighted by molar-refractivity contribution is 0.0371. The Labute approximate surface area is 181 Å². The summed E-state index contributed by atoms with van der Waals surface area (Å²) >= 11 is 0. The van der Waals surface area contributed by atoms with Crippen molar-refractivity contribution in [2.45, 2.75) is 53.9 Å². The molecule has 0 aliphatic carbocycles. The minimum atomic E-state index is -0.598. The van der Waals surface area contributed by atoms with Gasteiger partial charge in [-0.05, 0) is 57.9 Å². The van der Waals surface area contributed by atoms with E-state index in [0.717, 1.165) is 16.9 Å². The summed E-state index contributed by atoms with van der Waals surface area (Å²) in [5.41, 5.74) is 2.37. The number of aryl methyl sites for hydroxylation is 3. The van der Waals surface area contributed by atoms with Crippen LogP contribution in [-0.4, -0.2) is 27.8 Å². The first-order valence-corrected chi connectivity index (χ1v) is 10.2. The van der Waals surface area contributed by atoms with E-state index in [2.05, 4.69) is 10.4 Å². The number of carbonyl (C=O) groups excluding carboxylic acids is 2. The molecule has 0 aliphatic heterocycles. The maximum Gasteiger partial charge on any atom is 0.361 e. The number of esters is 1. The number of para-hydroxylation sites is 1. The summed E-state index contributed by atoms with van der Waals surface area (Å²) in [7, 11) is 0. The van der Waals surface area contributed by atoms with E-state index >= 15 is 0 Å². The van der Waals surface area contributed by atoms with Crippen molar-refractivity contribution in [1.82, 2.24) is 9.78 Å². The van der Waals surface area contributed by atoms with Crippen molar-refractivity contribution >= 4 is 17.6 Å². The highest BCUT2D eigenvalue weighted by Gasteiger charge is 2.22. The van der Waals surface area contributed by atoms with Crippen LogP contribution in [0.15, 0.2) is 40.9 Å². The summed E-state index contributed by atoms with van der Waals surface area (Å²) in [6.45, 7) is 10.1. The van der Waals surface area contributed by atoms with Gasteiger partial charge in [-0.3, -0.25) is 9.48 Å². The first-order valence-electron chi connectivity index (χ1n) is 10.2. The molecule has 8 heteroatoms. The van der Waals surface area contributed by atoms with Crippen molar-refractivity contribution in [3.63, 3.8) is 0 Å². The van der Waals surface area contributed by atoms with Crippen molar-refractivity contribution < 1.29 is 23.5 Å². The van der Waals surface area contributed by atoms with Crippen molar-refractivity contribution in [1.29, 1.82) is 0 Å². The van der Waals surface area contributed by atoms with Gasteiger partial charge in [0.25, 0.3) is 5.91 Å². The second-order valence-electron chi connectivity index (χ2n) is 7.43. The lowest BCUT2D eigenvalue weighted by atomic mass is 10.1. The van der Waals surface area contributed by atoms with Crippen molar-refractivity contribution in [3.05, 3.63) is 64.9 Å². The quantitative estimate of drug-likeness (QED) is 0.534. The number of rotatable bonds is 8. The summed E-state index contributed by atoms with van der Waals surface area (Å²) in [4.78, 5) is 25.0. The van der Waals surface area contributed by atoms with Gasteiger partial charge in [-0.25, -0.2) is 4.79 Å². The molecule has 0 atom stereocenters. The molecule has 8 nitrogen and oxygen atoms in total. The van der Waals surface area contributed by atoms with Gasteiger partial charge in [0.15, 0.2) is 11.5 Å². The molecule has 0 fully saturated rings. The van der Waals surface area contributed by atoms with Crippen LogP contribution in [0.25, 0.3) is 0 Å². The zero-order valence-electron chi connectivity index (χ0n) is 18.4. The van der Waals surface area contributed by atoms with Crippen LogP contribution in [-0.2, 0) is 17.9 Å². The molecule has 1 aromatic carbocycles. The van der Waals surface area contributed by atoms with Crippen LogP contribution < -0.4 is 10.1 Å². The van der Waals surface area contributed by atoms with E-state index in [1.807, 2.05) is 39.0 Å². The van der Waals surface area contributed by atoms with E-state index in [9.17, 15) is 9.59 Å². The Hall–Kier alpha value is -3.55. The highest BCUT2D eigenvalue weighted by atomic mass is 16.5. The summed E-state index contributed by atoms with van der Waals surface area (Å²) in [5, 5.41) is 6.87. The van der Waals surface area contributed by atoms with Gasteiger partial charge in [0, 0.05) is 12.7 Å².